The summed E-state index contributed by atoms with van der Waals surface area (Å²) in [6.07, 6.45) is 0.476. The first-order chi connectivity index (χ1) is 8.10. The molecule has 0 aromatic heterocycles. The van der Waals surface area contributed by atoms with E-state index < -0.39 is 0 Å². The quantitative estimate of drug-likeness (QED) is 0.866. The molecule has 0 aliphatic rings. The normalized spacial score (nSPS) is 10.1. The minimum absolute atomic E-state index is 0.0427. The fourth-order valence-corrected chi connectivity index (χ4v) is 2.14. The number of benzene rings is 1. The number of carbonyl (C=O) groups is 1. The summed E-state index contributed by atoms with van der Waals surface area (Å²) in [6, 6.07) is 5.95. The Morgan fingerprint density at radius 1 is 1.53 bits per heavy atom. The Morgan fingerprint density at radius 2 is 2.24 bits per heavy atom. The van der Waals surface area contributed by atoms with E-state index in [0.717, 1.165) is 15.7 Å². The third-order valence-corrected chi connectivity index (χ3v) is 3.41. The molecule has 0 spiro atoms. The van der Waals surface area contributed by atoms with Gasteiger partial charge in [0.25, 0.3) is 0 Å². The lowest BCUT2D eigenvalue weighted by Gasteiger charge is -2.22. The van der Waals surface area contributed by atoms with E-state index in [4.69, 9.17) is 5.73 Å². The van der Waals surface area contributed by atoms with Crippen molar-refractivity contribution in [1.29, 1.82) is 0 Å². The van der Waals surface area contributed by atoms with E-state index >= 15 is 0 Å². The summed E-state index contributed by atoms with van der Waals surface area (Å²) >= 11 is 3.48. The van der Waals surface area contributed by atoms with Gasteiger partial charge in [-0.15, -0.1) is 0 Å². The van der Waals surface area contributed by atoms with E-state index in [2.05, 4.69) is 21.2 Å². The van der Waals surface area contributed by atoms with Gasteiger partial charge in [0.2, 0.25) is 5.91 Å². The second-order valence-corrected chi connectivity index (χ2v) is 4.64. The van der Waals surface area contributed by atoms with Crippen molar-refractivity contribution in [2.75, 3.05) is 25.5 Å². The smallest absolute Gasteiger partial charge is 0.221 e. The van der Waals surface area contributed by atoms with E-state index in [1.165, 1.54) is 0 Å². The van der Waals surface area contributed by atoms with E-state index in [-0.39, 0.29) is 5.91 Å². The predicted molar refractivity (Wildman–Crippen MR) is 74.0 cm³/mol. The zero-order valence-corrected chi connectivity index (χ0v) is 11.8. The summed E-state index contributed by atoms with van der Waals surface area (Å²) in [6.45, 7) is 1.14. The lowest BCUT2D eigenvalue weighted by molar-refractivity contribution is -0.120. The SMILES string of the molecule is CNC(=O)CCN(C)c1cccc(Br)c1CN. The molecule has 0 saturated heterocycles. The van der Waals surface area contributed by atoms with Gasteiger partial charge in [-0.1, -0.05) is 22.0 Å². The molecule has 0 radical (unpaired) electrons. The summed E-state index contributed by atoms with van der Waals surface area (Å²) in [5, 5.41) is 2.61. The van der Waals surface area contributed by atoms with Crippen LogP contribution in [0.2, 0.25) is 0 Å². The van der Waals surface area contributed by atoms with Crippen LogP contribution >= 0.6 is 15.9 Å². The van der Waals surface area contributed by atoms with E-state index in [1.807, 2.05) is 30.1 Å². The lowest BCUT2D eigenvalue weighted by atomic mass is 10.1. The number of amides is 1. The van der Waals surface area contributed by atoms with Crippen LogP contribution in [0, 0.1) is 0 Å². The number of anilines is 1. The third kappa shape index (κ3) is 3.71. The van der Waals surface area contributed by atoms with Crippen LogP contribution in [0.5, 0.6) is 0 Å². The molecule has 4 nitrogen and oxygen atoms in total. The first-order valence-electron chi connectivity index (χ1n) is 5.49. The van der Waals surface area contributed by atoms with Gasteiger partial charge >= 0.3 is 0 Å². The molecule has 1 rings (SSSR count). The Kier molecular flexibility index (Phi) is 5.44. The molecule has 3 N–H and O–H groups in total. The van der Waals surface area contributed by atoms with Crippen LogP contribution in [0.25, 0.3) is 0 Å². The largest absolute Gasteiger partial charge is 0.374 e. The van der Waals surface area contributed by atoms with Crippen LogP contribution in [0.1, 0.15) is 12.0 Å². The Morgan fingerprint density at radius 3 is 2.82 bits per heavy atom. The highest BCUT2D eigenvalue weighted by atomic mass is 79.9. The van der Waals surface area contributed by atoms with Gasteiger partial charge in [0.05, 0.1) is 0 Å². The van der Waals surface area contributed by atoms with Crippen LogP contribution in [0.15, 0.2) is 22.7 Å². The summed E-state index contributed by atoms with van der Waals surface area (Å²) in [5.41, 5.74) is 7.86. The topological polar surface area (TPSA) is 58.4 Å². The first-order valence-corrected chi connectivity index (χ1v) is 6.28. The summed E-state index contributed by atoms with van der Waals surface area (Å²) in [7, 11) is 3.61. The zero-order valence-electron chi connectivity index (χ0n) is 10.2. The molecule has 0 unspecified atom stereocenters. The highest BCUT2D eigenvalue weighted by molar-refractivity contribution is 9.10. The zero-order chi connectivity index (χ0) is 12.8. The number of nitrogens with one attached hydrogen (secondary N) is 1. The Bertz CT molecular complexity index is 395. The Hall–Kier alpha value is -1.07. The second-order valence-electron chi connectivity index (χ2n) is 3.79. The highest BCUT2D eigenvalue weighted by Crippen LogP contribution is 2.26. The first kappa shape index (κ1) is 14.0. The van der Waals surface area contributed by atoms with Crippen molar-refractivity contribution in [3.8, 4) is 0 Å². The Balaban J connectivity index is 2.78. The fraction of sp³-hybridized carbons (Fsp3) is 0.417. The molecule has 1 amide bonds. The van der Waals surface area contributed by atoms with Gasteiger partial charge in [-0.3, -0.25) is 4.79 Å². The van der Waals surface area contributed by atoms with Gasteiger partial charge < -0.3 is 16.0 Å². The Labute approximate surface area is 110 Å². The molecule has 94 valence electrons. The van der Waals surface area contributed by atoms with Crippen molar-refractivity contribution in [2.24, 2.45) is 5.73 Å². The van der Waals surface area contributed by atoms with Gasteiger partial charge in [-0.2, -0.15) is 0 Å². The van der Waals surface area contributed by atoms with Gasteiger partial charge in [-0.25, -0.2) is 0 Å². The number of halogens is 1. The average Bonchev–Trinajstić information content (AvgIpc) is 2.35. The third-order valence-electron chi connectivity index (χ3n) is 2.66. The maximum absolute atomic E-state index is 11.2. The second kappa shape index (κ2) is 6.61. The van der Waals surface area contributed by atoms with Crippen LogP contribution in [-0.4, -0.2) is 26.5 Å². The van der Waals surface area contributed by atoms with Crippen LogP contribution < -0.4 is 16.0 Å². The minimum atomic E-state index is 0.0427. The molecular formula is C12H18BrN3O. The molecule has 0 aliphatic heterocycles. The molecule has 0 saturated carbocycles. The molecule has 1 aromatic carbocycles. The maximum Gasteiger partial charge on any atom is 0.221 e. The van der Waals surface area contributed by atoms with Gasteiger partial charge in [0.1, 0.15) is 0 Å². The monoisotopic (exact) mass is 299 g/mol. The number of rotatable bonds is 5. The number of hydrogen-bond donors (Lipinski definition) is 2. The molecule has 1 aromatic rings. The van der Waals surface area contributed by atoms with Crippen molar-refractivity contribution in [2.45, 2.75) is 13.0 Å². The molecule has 0 fully saturated rings. The van der Waals surface area contributed by atoms with Gasteiger partial charge in [0.15, 0.2) is 0 Å². The molecule has 0 bridgehead atoms. The van der Waals surface area contributed by atoms with E-state index in [0.29, 0.717) is 19.5 Å². The lowest BCUT2D eigenvalue weighted by Crippen LogP contribution is -2.27. The van der Waals surface area contributed by atoms with Crippen molar-refractivity contribution in [3.63, 3.8) is 0 Å². The number of nitrogens with two attached hydrogens (primary N) is 1. The highest BCUT2D eigenvalue weighted by Gasteiger charge is 2.10. The predicted octanol–water partition coefficient (Wildman–Crippen LogP) is 1.48. The molecule has 5 heteroatoms. The average molecular weight is 300 g/mol. The number of carbonyl (C=O) groups excluding carboxylic acids is 1. The van der Waals surface area contributed by atoms with Crippen LogP contribution in [0.3, 0.4) is 0 Å². The minimum Gasteiger partial charge on any atom is -0.374 e. The molecule has 0 atom stereocenters. The maximum atomic E-state index is 11.2. The molecule has 0 heterocycles. The summed E-state index contributed by atoms with van der Waals surface area (Å²) in [5.74, 6) is 0.0427. The van der Waals surface area contributed by atoms with Crippen LogP contribution in [-0.2, 0) is 11.3 Å². The van der Waals surface area contributed by atoms with Crippen LogP contribution in [0.4, 0.5) is 5.69 Å². The van der Waals surface area contributed by atoms with Crippen molar-refractivity contribution in [1.82, 2.24) is 5.32 Å². The van der Waals surface area contributed by atoms with Crippen molar-refractivity contribution >= 4 is 27.5 Å². The molecule has 0 aliphatic carbocycles. The van der Waals surface area contributed by atoms with E-state index in [1.54, 1.807) is 7.05 Å². The summed E-state index contributed by atoms with van der Waals surface area (Å²) in [4.78, 5) is 13.2. The van der Waals surface area contributed by atoms with Gasteiger partial charge in [-0.05, 0) is 12.1 Å². The molecule has 17 heavy (non-hydrogen) atoms. The van der Waals surface area contributed by atoms with E-state index in [9.17, 15) is 4.79 Å². The summed E-state index contributed by atoms with van der Waals surface area (Å²) < 4.78 is 1.00. The molecular weight excluding hydrogens is 282 g/mol. The van der Waals surface area contributed by atoms with Crippen molar-refractivity contribution in [3.05, 3.63) is 28.2 Å². The van der Waals surface area contributed by atoms with Crippen molar-refractivity contribution < 1.29 is 4.79 Å². The van der Waals surface area contributed by atoms with Gasteiger partial charge in [0, 0.05) is 49.3 Å². The fourth-order valence-electron chi connectivity index (χ4n) is 1.62. The number of nitrogens with zero attached hydrogens (tertiary/aromatic N) is 1. The number of hydrogen-bond acceptors (Lipinski definition) is 3. The standard InChI is InChI=1S/C12H18BrN3O/c1-15-12(17)6-7-16(2)11-5-3-4-10(13)9(11)8-14/h3-5H,6-8,14H2,1-2H3,(H,15,17).